The number of halogens is 2. The van der Waals surface area contributed by atoms with E-state index in [0.29, 0.717) is 19.0 Å². The maximum absolute atomic E-state index is 12.6. The molecule has 0 bridgehead atoms. The minimum Gasteiger partial charge on any atom is -0.398 e. The predicted octanol–water partition coefficient (Wildman–Crippen LogP) is 2.76. The summed E-state index contributed by atoms with van der Waals surface area (Å²) in [6.07, 6.45) is 1.54. The van der Waals surface area contributed by atoms with Crippen LogP contribution in [0.5, 0.6) is 0 Å². The van der Waals surface area contributed by atoms with E-state index < -0.39 is 13.0 Å². The molecule has 0 saturated carbocycles. The number of alkyl halides is 2. The SMILES string of the molecule is Cn1ncc2c(N3CCCC(OCC(F)F)C3)nc(N3CCc4cccc(N)c4C3)nc21. The Bertz CT molecular complexity index is 1120. The topological polar surface area (TPSA) is 85.3 Å². The summed E-state index contributed by atoms with van der Waals surface area (Å²) in [5.74, 6) is 1.40. The molecule has 0 radical (unpaired) electrons. The van der Waals surface area contributed by atoms with Crippen LogP contribution >= 0.6 is 0 Å². The van der Waals surface area contributed by atoms with Gasteiger partial charge >= 0.3 is 0 Å². The lowest BCUT2D eigenvalue weighted by Gasteiger charge is -2.35. The normalized spacial score (nSPS) is 19.1. The Morgan fingerprint density at radius 2 is 2.09 bits per heavy atom. The molecule has 10 heteroatoms. The van der Waals surface area contributed by atoms with Gasteiger partial charge in [0.15, 0.2) is 5.65 Å². The van der Waals surface area contributed by atoms with Crippen LogP contribution in [0.15, 0.2) is 24.4 Å². The minimum absolute atomic E-state index is 0.246. The molecule has 5 rings (SSSR count). The fourth-order valence-corrected chi connectivity index (χ4v) is 4.63. The molecule has 1 atom stereocenters. The smallest absolute Gasteiger partial charge is 0.261 e. The second-order valence-electron chi connectivity index (χ2n) is 8.44. The van der Waals surface area contributed by atoms with E-state index in [2.05, 4.69) is 21.0 Å². The van der Waals surface area contributed by atoms with Crippen LogP contribution in [-0.4, -0.2) is 58.5 Å². The van der Waals surface area contributed by atoms with E-state index in [-0.39, 0.29) is 6.10 Å². The van der Waals surface area contributed by atoms with E-state index in [0.717, 1.165) is 60.5 Å². The Kier molecular flexibility index (Phi) is 5.54. The number of nitrogens with zero attached hydrogens (tertiary/aromatic N) is 6. The Morgan fingerprint density at radius 3 is 2.94 bits per heavy atom. The lowest BCUT2D eigenvalue weighted by atomic mass is 9.98. The fraction of sp³-hybridized carbons (Fsp3) is 0.500. The molecule has 0 aliphatic carbocycles. The molecule has 32 heavy (non-hydrogen) atoms. The lowest BCUT2D eigenvalue weighted by Crippen LogP contribution is -2.41. The van der Waals surface area contributed by atoms with E-state index in [4.69, 9.17) is 20.4 Å². The third-order valence-corrected chi connectivity index (χ3v) is 6.29. The van der Waals surface area contributed by atoms with Crippen molar-refractivity contribution in [1.82, 2.24) is 19.7 Å². The van der Waals surface area contributed by atoms with Gasteiger partial charge in [-0.05, 0) is 36.5 Å². The highest BCUT2D eigenvalue weighted by molar-refractivity contribution is 5.88. The second kappa shape index (κ2) is 8.50. The first-order valence-corrected chi connectivity index (χ1v) is 10.9. The number of ether oxygens (including phenoxy) is 1. The van der Waals surface area contributed by atoms with Crippen LogP contribution in [0.25, 0.3) is 11.0 Å². The van der Waals surface area contributed by atoms with Crippen molar-refractivity contribution in [3.05, 3.63) is 35.5 Å². The van der Waals surface area contributed by atoms with Crippen LogP contribution < -0.4 is 15.5 Å². The van der Waals surface area contributed by atoms with Crippen LogP contribution in [-0.2, 0) is 24.8 Å². The standard InChI is InChI=1S/C22H27F2N7O/c1-29-20-16(10-26-29)21(30-8-3-5-15(11-30)32-13-19(23)24)28-22(27-20)31-9-7-14-4-2-6-18(25)17(14)12-31/h2,4,6,10,15,19H,3,5,7-9,11-13,25H2,1H3. The van der Waals surface area contributed by atoms with Crippen LogP contribution in [0.1, 0.15) is 24.0 Å². The summed E-state index contributed by atoms with van der Waals surface area (Å²) in [6.45, 7) is 2.20. The summed E-state index contributed by atoms with van der Waals surface area (Å²) in [5.41, 5.74) is 10.1. The van der Waals surface area contributed by atoms with Crippen molar-refractivity contribution in [1.29, 1.82) is 0 Å². The number of aromatic nitrogens is 4. The third kappa shape index (κ3) is 3.94. The van der Waals surface area contributed by atoms with E-state index in [1.807, 2.05) is 19.2 Å². The Morgan fingerprint density at radius 1 is 1.22 bits per heavy atom. The number of nitrogen functional groups attached to an aromatic ring is 1. The van der Waals surface area contributed by atoms with Gasteiger partial charge in [0.25, 0.3) is 6.43 Å². The highest BCUT2D eigenvalue weighted by atomic mass is 19.3. The molecule has 8 nitrogen and oxygen atoms in total. The number of aryl methyl sites for hydroxylation is 1. The highest BCUT2D eigenvalue weighted by Crippen LogP contribution is 2.32. The molecular weight excluding hydrogens is 416 g/mol. The monoisotopic (exact) mass is 443 g/mol. The van der Waals surface area contributed by atoms with Crippen LogP contribution in [0.2, 0.25) is 0 Å². The van der Waals surface area contributed by atoms with Gasteiger partial charge in [0.1, 0.15) is 12.4 Å². The zero-order valence-electron chi connectivity index (χ0n) is 18.0. The largest absolute Gasteiger partial charge is 0.398 e. The quantitative estimate of drug-likeness (QED) is 0.607. The zero-order chi connectivity index (χ0) is 22.2. The molecule has 0 spiro atoms. The number of hydrogen-bond acceptors (Lipinski definition) is 7. The maximum Gasteiger partial charge on any atom is 0.261 e. The molecule has 2 aromatic heterocycles. The molecular formula is C22H27F2N7O. The van der Waals surface area contributed by atoms with E-state index in [9.17, 15) is 8.78 Å². The van der Waals surface area contributed by atoms with Gasteiger partial charge in [0, 0.05) is 38.9 Å². The zero-order valence-corrected chi connectivity index (χ0v) is 18.0. The summed E-state index contributed by atoms with van der Waals surface area (Å²) >= 11 is 0. The number of hydrogen-bond donors (Lipinski definition) is 1. The molecule has 3 aromatic rings. The number of rotatable bonds is 5. The van der Waals surface area contributed by atoms with E-state index in [1.54, 1.807) is 10.9 Å². The van der Waals surface area contributed by atoms with Crippen molar-refractivity contribution < 1.29 is 13.5 Å². The van der Waals surface area contributed by atoms with Gasteiger partial charge in [-0.1, -0.05) is 12.1 Å². The van der Waals surface area contributed by atoms with Gasteiger partial charge in [0.05, 0.1) is 17.7 Å². The average molecular weight is 444 g/mol. The number of piperidine rings is 1. The van der Waals surface area contributed by atoms with Crippen molar-refractivity contribution in [2.75, 3.05) is 41.8 Å². The second-order valence-corrected chi connectivity index (χ2v) is 8.44. The molecule has 2 aliphatic heterocycles. The van der Waals surface area contributed by atoms with Crippen LogP contribution in [0.3, 0.4) is 0 Å². The summed E-state index contributed by atoms with van der Waals surface area (Å²) in [5, 5.41) is 5.23. The Balaban J connectivity index is 1.47. The van der Waals surface area contributed by atoms with Gasteiger partial charge in [0.2, 0.25) is 5.95 Å². The molecule has 1 fully saturated rings. The average Bonchev–Trinajstić information content (AvgIpc) is 3.18. The number of benzene rings is 1. The predicted molar refractivity (Wildman–Crippen MR) is 119 cm³/mol. The molecule has 0 amide bonds. The van der Waals surface area contributed by atoms with Crippen molar-refractivity contribution in [2.45, 2.75) is 38.3 Å². The van der Waals surface area contributed by atoms with Gasteiger partial charge in [-0.3, -0.25) is 4.68 Å². The fourth-order valence-electron chi connectivity index (χ4n) is 4.63. The maximum atomic E-state index is 12.6. The lowest BCUT2D eigenvalue weighted by molar-refractivity contribution is -0.0280. The Hall–Kier alpha value is -3.01. The van der Waals surface area contributed by atoms with Crippen LogP contribution in [0.4, 0.5) is 26.2 Å². The number of nitrogens with two attached hydrogens (primary N) is 1. The highest BCUT2D eigenvalue weighted by Gasteiger charge is 2.27. The van der Waals surface area contributed by atoms with Crippen LogP contribution in [0, 0.1) is 0 Å². The third-order valence-electron chi connectivity index (χ3n) is 6.29. The Labute approximate surface area is 185 Å². The number of fused-ring (bicyclic) bond motifs is 2. The van der Waals surface area contributed by atoms with Gasteiger partial charge in [-0.25, -0.2) is 8.78 Å². The van der Waals surface area contributed by atoms with Crippen molar-refractivity contribution in [2.24, 2.45) is 7.05 Å². The molecule has 2 N–H and O–H groups in total. The summed E-state index contributed by atoms with van der Waals surface area (Å²) in [7, 11) is 1.86. The first-order valence-electron chi connectivity index (χ1n) is 10.9. The molecule has 1 unspecified atom stereocenters. The molecule has 1 aromatic carbocycles. The number of anilines is 3. The van der Waals surface area contributed by atoms with Gasteiger partial charge in [-0.2, -0.15) is 15.1 Å². The molecule has 170 valence electrons. The van der Waals surface area contributed by atoms with Crippen molar-refractivity contribution >= 4 is 28.5 Å². The minimum atomic E-state index is -2.46. The van der Waals surface area contributed by atoms with Gasteiger partial charge < -0.3 is 20.3 Å². The van der Waals surface area contributed by atoms with Crippen molar-refractivity contribution in [3.63, 3.8) is 0 Å². The van der Waals surface area contributed by atoms with Gasteiger partial charge in [-0.15, -0.1) is 0 Å². The summed E-state index contributed by atoms with van der Waals surface area (Å²) in [6, 6.07) is 6.03. The summed E-state index contributed by atoms with van der Waals surface area (Å²) < 4.78 is 32.4. The molecule has 2 aliphatic rings. The van der Waals surface area contributed by atoms with E-state index in [1.165, 1.54) is 5.56 Å². The van der Waals surface area contributed by atoms with Crippen molar-refractivity contribution in [3.8, 4) is 0 Å². The first-order chi connectivity index (χ1) is 15.5. The molecule has 1 saturated heterocycles. The molecule has 4 heterocycles. The summed E-state index contributed by atoms with van der Waals surface area (Å²) in [4.78, 5) is 14.0. The first kappa shape index (κ1) is 20.9. The van der Waals surface area contributed by atoms with E-state index >= 15 is 0 Å².